The Labute approximate surface area is 137 Å². The molecule has 2 aromatic rings. The number of nitrogens with one attached hydrogen (secondary N) is 1. The molecule has 0 atom stereocenters. The van der Waals surface area contributed by atoms with Crippen LogP contribution in [0.1, 0.15) is 12.1 Å². The topological polar surface area (TPSA) is 50.3 Å². The molecule has 0 amide bonds. The van der Waals surface area contributed by atoms with Crippen molar-refractivity contribution in [3.05, 3.63) is 35.8 Å². The summed E-state index contributed by atoms with van der Waals surface area (Å²) in [6, 6.07) is 5.93. The first-order valence-corrected chi connectivity index (χ1v) is 7.45. The van der Waals surface area contributed by atoms with Gasteiger partial charge >= 0.3 is 0 Å². The lowest BCUT2D eigenvalue weighted by molar-refractivity contribution is 0.0256. The van der Waals surface area contributed by atoms with Gasteiger partial charge in [-0.25, -0.2) is 18.2 Å². The second kappa shape index (κ2) is 6.18. The smallest absolute Gasteiger partial charge is 0.266 e. The fraction of sp³-hybridized carbons (Fsp3) is 0.375. The maximum atomic E-state index is 13.5. The standard InChI is InChI=1S/C16H17F3N4O/c1-10-7-14(23-6-5-16(18,19)9-23)22-15(20-10)21-11-3-4-12(17)13(8-11)24-2/h3-4,7-8H,5-6,9H2,1-2H3,(H,20,21,22). The second-order valence-corrected chi connectivity index (χ2v) is 5.69. The zero-order valence-corrected chi connectivity index (χ0v) is 13.3. The minimum absolute atomic E-state index is 0.0899. The van der Waals surface area contributed by atoms with Gasteiger partial charge in [0.05, 0.1) is 13.7 Å². The maximum Gasteiger partial charge on any atom is 0.266 e. The van der Waals surface area contributed by atoms with E-state index in [0.717, 1.165) is 0 Å². The van der Waals surface area contributed by atoms with Crippen molar-refractivity contribution >= 4 is 17.5 Å². The number of rotatable bonds is 4. The number of benzene rings is 1. The summed E-state index contributed by atoms with van der Waals surface area (Å²) >= 11 is 0. The number of nitrogens with zero attached hydrogens (tertiary/aromatic N) is 3. The summed E-state index contributed by atoms with van der Waals surface area (Å²) in [7, 11) is 1.37. The Balaban J connectivity index is 1.84. The molecule has 5 nitrogen and oxygen atoms in total. The van der Waals surface area contributed by atoms with Crippen molar-refractivity contribution in [1.82, 2.24) is 9.97 Å². The van der Waals surface area contributed by atoms with Crippen LogP contribution >= 0.6 is 0 Å². The number of ether oxygens (including phenoxy) is 1. The molecule has 1 N–H and O–H groups in total. The number of anilines is 3. The molecule has 1 fully saturated rings. The number of hydrogen-bond donors (Lipinski definition) is 1. The molecule has 0 saturated carbocycles. The minimum Gasteiger partial charge on any atom is -0.494 e. The van der Waals surface area contributed by atoms with E-state index >= 15 is 0 Å². The Morgan fingerprint density at radius 3 is 2.71 bits per heavy atom. The summed E-state index contributed by atoms with van der Waals surface area (Å²) in [6.45, 7) is 1.65. The zero-order valence-electron chi connectivity index (χ0n) is 13.3. The quantitative estimate of drug-likeness (QED) is 0.924. The van der Waals surface area contributed by atoms with E-state index in [1.807, 2.05) is 0 Å². The Morgan fingerprint density at radius 2 is 2.04 bits per heavy atom. The number of hydrogen-bond acceptors (Lipinski definition) is 5. The van der Waals surface area contributed by atoms with Crippen LogP contribution in [0.4, 0.5) is 30.6 Å². The molecule has 3 rings (SSSR count). The van der Waals surface area contributed by atoms with Crippen LogP contribution in [0.15, 0.2) is 24.3 Å². The number of methoxy groups -OCH3 is 1. The van der Waals surface area contributed by atoms with Gasteiger partial charge in [0.15, 0.2) is 11.6 Å². The highest BCUT2D eigenvalue weighted by Gasteiger charge is 2.38. The lowest BCUT2D eigenvalue weighted by atomic mass is 10.3. The van der Waals surface area contributed by atoms with Crippen molar-refractivity contribution in [1.29, 1.82) is 0 Å². The lowest BCUT2D eigenvalue weighted by Gasteiger charge is -2.18. The van der Waals surface area contributed by atoms with Crippen LogP contribution in [-0.4, -0.2) is 36.1 Å². The van der Waals surface area contributed by atoms with E-state index in [1.54, 1.807) is 13.0 Å². The molecule has 8 heteroatoms. The van der Waals surface area contributed by atoms with Crippen LogP contribution in [0.2, 0.25) is 0 Å². The Morgan fingerprint density at radius 1 is 1.25 bits per heavy atom. The van der Waals surface area contributed by atoms with Crippen LogP contribution < -0.4 is 15.0 Å². The number of halogens is 3. The molecular formula is C16H17F3N4O. The highest BCUT2D eigenvalue weighted by molar-refractivity contribution is 5.58. The van der Waals surface area contributed by atoms with Crippen LogP contribution in [0.5, 0.6) is 5.75 Å². The summed E-state index contributed by atoms with van der Waals surface area (Å²) in [5, 5.41) is 2.95. The molecule has 1 aliphatic heterocycles. The van der Waals surface area contributed by atoms with E-state index in [9.17, 15) is 13.2 Å². The fourth-order valence-corrected chi connectivity index (χ4v) is 2.57. The number of aromatic nitrogens is 2. The summed E-state index contributed by atoms with van der Waals surface area (Å²) in [5.41, 5.74) is 1.18. The largest absolute Gasteiger partial charge is 0.494 e. The van der Waals surface area contributed by atoms with Gasteiger partial charge in [0.25, 0.3) is 5.92 Å². The average molecular weight is 338 g/mol. The van der Waals surface area contributed by atoms with Crippen LogP contribution in [0, 0.1) is 12.7 Å². The minimum atomic E-state index is -2.70. The molecule has 0 radical (unpaired) electrons. The van der Waals surface area contributed by atoms with Crippen molar-refractivity contribution in [3.63, 3.8) is 0 Å². The molecule has 1 saturated heterocycles. The predicted octanol–water partition coefficient (Wildman–Crippen LogP) is 3.52. The van der Waals surface area contributed by atoms with Gasteiger partial charge in [0.2, 0.25) is 5.95 Å². The Bertz CT molecular complexity index is 754. The van der Waals surface area contributed by atoms with Crippen molar-refractivity contribution in [2.45, 2.75) is 19.3 Å². The first-order chi connectivity index (χ1) is 11.4. The predicted molar refractivity (Wildman–Crippen MR) is 84.8 cm³/mol. The van der Waals surface area contributed by atoms with Crippen molar-refractivity contribution in [2.24, 2.45) is 0 Å². The van der Waals surface area contributed by atoms with Crippen molar-refractivity contribution in [3.8, 4) is 5.75 Å². The van der Waals surface area contributed by atoms with Gasteiger partial charge in [0, 0.05) is 36.5 Å². The van der Waals surface area contributed by atoms with Crippen LogP contribution in [0.25, 0.3) is 0 Å². The Hall–Kier alpha value is -2.51. The fourth-order valence-electron chi connectivity index (χ4n) is 2.57. The van der Waals surface area contributed by atoms with Crippen LogP contribution in [0.3, 0.4) is 0 Å². The van der Waals surface area contributed by atoms with Crippen LogP contribution in [-0.2, 0) is 0 Å². The normalized spacial score (nSPS) is 16.3. The van der Waals surface area contributed by atoms with E-state index in [2.05, 4.69) is 15.3 Å². The van der Waals surface area contributed by atoms with E-state index < -0.39 is 11.7 Å². The molecule has 1 aromatic heterocycles. The number of aryl methyl sites for hydroxylation is 1. The van der Waals surface area contributed by atoms with E-state index in [4.69, 9.17) is 4.74 Å². The molecule has 0 bridgehead atoms. The van der Waals surface area contributed by atoms with Gasteiger partial charge in [-0.3, -0.25) is 0 Å². The highest BCUT2D eigenvalue weighted by Crippen LogP contribution is 2.31. The van der Waals surface area contributed by atoms with E-state index in [1.165, 1.54) is 30.2 Å². The molecule has 1 aromatic carbocycles. The summed E-state index contributed by atoms with van der Waals surface area (Å²) in [4.78, 5) is 10.1. The maximum absolute atomic E-state index is 13.5. The first-order valence-electron chi connectivity index (χ1n) is 7.45. The molecule has 0 aliphatic carbocycles. The number of alkyl halides is 2. The van der Waals surface area contributed by atoms with Gasteiger partial charge in [-0.1, -0.05) is 0 Å². The van der Waals surface area contributed by atoms with Crippen molar-refractivity contribution in [2.75, 3.05) is 30.4 Å². The zero-order chi connectivity index (χ0) is 17.3. The average Bonchev–Trinajstić information content (AvgIpc) is 2.89. The van der Waals surface area contributed by atoms with Gasteiger partial charge in [-0.05, 0) is 19.1 Å². The molecule has 24 heavy (non-hydrogen) atoms. The molecule has 128 valence electrons. The third-order valence-corrected chi connectivity index (χ3v) is 3.74. The van der Waals surface area contributed by atoms with Gasteiger partial charge in [0.1, 0.15) is 5.82 Å². The summed E-state index contributed by atoms with van der Waals surface area (Å²) < 4.78 is 45.2. The molecule has 0 spiro atoms. The Kier molecular flexibility index (Phi) is 4.21. The second-order valence-electron chi connectivity index (χ2n) is 5.69. The van der Waals surface area contributed by atoms with Gasteiger partial charge in [-0.15, -0.1) is 0 Å². The third kappa shape index (κ3) is 3.52. The van der Waals surface area contributed by atoms with Gasteiger partial charge in [-0.2, -0.15) is 4.98 Å². The molecule has 0 unspecified atom stereocenters. The van der Waals surface area contributed by atoms with Gasteiger partial charge < -0.3 is 15.0 Å². The summed E-state index contributed by atoms with van der Waals surface area (Å²) in [6.07, 6.45) is -0.187. The summed E-state index contributed by atoms with van der Waals surface area (Å²) in [5.74, 6) is -2.39. The molecule has 2 heterocycles. The molecular weight excluding hydrogens is 321 g/mol. The lowest BCUT2D eigenvalue weighted by Crippen LogP contribution is -2.26. The van der Waals surface area contributed by atoms with Crippen molar-refractivity contribution < 1.29 is 17.9 Å². The highest BCUT2D eigenvalue weighted by atomic mass is 19.3. The molecule has 1 aliphatic rings. The third-order valence-electron chi connectivity index (χ3n) is 3.74. The monoisotopic (exact) mass is 338 g/mol. The van der Waals surface area contributed by atoms with E-state index in [0.29, 0.717) is 17.2 Å². The van der Waals surface area contributed by atoms with E-state index in [-0.39, 0.29) is 31.2 Å². The SMILES string of the molecule is COc1cc(Nc2nc(C)cc(N3CCC(F)(F)C3)n2)ccc1F. The first kappa shape index (κ1) is 16.4.